The van der Waals surface area contributed by atoms with E-state index in [0.29, 0.717) is 32.6 Å². The number of amides is 3. The van der Waals surface area contributed by atoms with Gasteiger partial charge in [-0.3, -0.25) is 14.4 Å². The van der Waals surface area contributed by atoms with Gasteiger partial charge in [0.15, 0.2) is 4.34 Å². The number of likely N-dealkylation sites (tertiary alicyclic amines) is 1. The summed E-state index contributed by atoms with van der Waals surface area (Å²) in [6, 6.07) is 7.25. The number of nitrogens with one attached hydrogen (secondary N) is 1. The van der Waals surface area contributed by atoms with E-state index in [4.69, 9.17) is 4.74 Å². The SMILES string of the molecule is COc1ccccc1N1C[C@@H](C(=O)Nc2nnc(SCC(=O)N3CCC(C)CC3)s2)CC1=O. The molecular formula is C22H27N5O4S2. The minimum atomic E-state index is -0.495. The van der Waals surface area contributed by atoms with Gasteiger partial charge >= 0.3 is 0 Å². The van der Waals surface area contributed by atoms with Gasteiger partial charge in [-0.05, 0) is 30.9 Å². The normalized spacial score (nSPS) is 19.1. The highest BCUT2D eigenvalue weighted by Gasteiger charge is 2.36. The minimum absolute atomic E-state index is 0.105. The van der Waals surface area contributed by atoms with E-state index in [1.807, 2.05) is 17.0 Å². The first-order valence-corrected chi connectivity index (χ1v) is 12.7. The molecule has 2 fully saturated rings. The molecule has 2 saturated heterocycles. The number of thioether (sulfide) groups is 1. The summed E-state index contributed by atoms with van der Waals surface area (Å²) in [6.07, 6.45) is 2.21. The second-order valence-corrected chi connectivity index (χ2v) is 10.5. The quantitative estimate of drug-likeness (QED) is 0.471. The number of benzene rings is 1. The van der Waals surface area contributed by atoms with Crippen LogP contribution in [0.5, 0.6) is 5.75 Å². The number of ether oxygens (including phenoxy) is 1. The number of carbonyl (C=O) groups excluding carboxylic acids is 3. The van der Waals surface area contributed by atoms with Gasteiger partial charge in [-0.1, -0.05) is 42.2 Å². The Morgan fingerprint density at radius 2 is 2.00 bits per heavy atom. The molecule has 1 aromatic heterocycles. The van der Waals surface area contributed by atoms with Crippen LogP contribution in [0.2, 0.25) is 0 Å². The Morgan fingerprint density at radius 3 is 2.76 bits per heavy atom. The number of anilines is 2. The van der Waals surface area contributed by atoms with Crippen molar-refractivity contribution in [2.24, 2.45) is 11.8 Å². The molecule has 0 radical (unpaired) electrons. The van der Waals surface area contributed by atoms with E-state index in [-0.39, 0.29) is 30.7 Å². The number of aromatic nitrogens is 2. The lowest BCUT2D eigenvalue weighted by atomic mass is 9.99. The highest BCUT2D eigenvalue weighted by molar-refractivity contribution is 8.01. The Hall–Kier alpha value is -2.66. The Labute approximate surface area is 200 Å². The lowest BCUT2D eigenvalue weighted by molar-refractivity contribution is -0.129. The minimum Gasteiger partial charge on any atom is -0.495 e. The van der Waals surface area contributed by atoms with Crippen LogP contribution < -0.4 is 15.0 Å². The number of hydrogen-bond acceptors (Lipinski definition) is 8. The van der Waals surface area contributed by atoms with Gasteiger partial charge < -0.3 is 19.9 Å². The summed E-state index contributed by atoms with van der Waals surface area (Å²) in [5.41, 5.74) is 0.655. The second kappa shape index (κ2) is 10.5. The zero-order valence-corrected chi connectivity index (χ0v) is 20.3. The van der Waals surface area contributed by atoms with Gasteiger partial charge in [0.1, 0.15) is 5.75 Å². The fourth-order valence-electron chi connectivity index (χ4n) is 3.97. The number of hydrogen-bond donors (Lipinski definition) is 1. The van der Waals surface area contributed by atoms with Crippen LogP contribution in [-0.2, 0) is 14.4 Å². The van der Waals surface area contributed by atoms with Gasteiger partial charge in [-0.25, -0.2) is 0 Å². The zero-order valence-electron chi connectivity index (χ0n) is 18.7. The van der Waals surface area contributed by atoms with Crippen LogP contribution in [-0.4, -0.2) is 65.3 Å². The summed E-state index contributed by atoms with van der Waals surface area (Å²) in [5.74, 6) is 0.784. The van der Waals surface area contributed by atoms with Gasteiger partial charge in [0, 0.05) is 26.1 Å². The van der Waals surface area contributed by atoms with Crippen LogP contribution in [0.25, 0.3) is 0 Å². The van der Waals surface area contributed by atoms with Crippen molar-refractivity contribution in [1.29, 1.82) is 0 Å². The molecule has 0 aliphatic carbocycles. The topological polar surface area (TPSA) is 105 Å². The molecular weight excluding hydrogens is 462 g/mol. The molecule has 0 saturated carbocycles. The molecule has 3 amide bonds. The standard InChI is InChI=1S/C22H27N5O4S2/c1-14-7-9-26(10-8-14)19(29)13-32-22-25-24-21(33-22)23-20(30)15-11-18(28)27(12-15)16-5-3-4-6-17(16)31-2/h3-6,14-15H,7-13H2,1-2H3,(H,23,24,30)/t15-/m0/s1. The summed E-state index contributed by atoms with van der Waals surface area (Å²) in [5, 5.41) is 11.2. The third kappa shape index (κ3) is 5.64. The van der Waals surface area contributed by atoms with Crippen molar-refractivity contribution in [2.75, 3.05) is 42.7 Å². The van der Waals surface area contributed by atoms with Gasteiger partial charge in [-0.2, -0.15) is 0 Å². The largest absolute Gasteiger partial charge is 0.495 e. The highest BCUT2D eigenvalue weighted by atomic mass is 32.2. The fraction of sp³-hybridized carbons (Fsp3) is 0.500. The molecule has 11 heteroatoms. The number of rotatable bonds is 7. The van der Waals surface area contributed by atoms with E-state index in [9.17, 15) is 14.4 Å². The Balaban J connectivity index is 1.29. The summed E-state index contributed by atoms with van der Waals surface area (Å²) < 4.78 is 5.97. The molecule has 0 bridgehead atoms. The van der Waals surface area contributed by atoms with Crippen molar-refractivity contribution in [3.8, 4) is 5.75 Å². The lowest BCUT2D eigenvalue weighted by Crippen LogP contribution is -2.38. The van der Waals surface area contributed by atoms with Crippen molar-refractivity contribution in [3.63, 3.8) is 0 Å². The average molecular weight is 490 g/mol. The molecule has 3 heterocycles. The molecule has 1 N–H and O–H groups in total. The number of piperidine rings is 1. The first-order valence-electron chi connectivity index (χ1n) is 10.9. The van der Waals surface area contributed by atoms with Crippen molar-refractivity contribution in [1.82, 2.24) is 15.1 Å². The van der Waals surface area contributed by atoms with Gasteiger partial charge in [0.25, 0.3) is 0 Å². The molecule has 2 aliphatic rings. The smallest absolute Gasteiger partial charge is 0.233 e. The predicted molar refractivity (Wildman–Crippen MR) is 128 cm³/mol. The molecule has 0 spiro atoms. The summed E-state index contributed by atoms with van der Waals surface area (Å²) >= 11 is 2.56. The predicted octanol–water partition coefficient (Wildman–Crippen LogP) is 2.89. The van der Waals surface area contributed by atoms with Crippen LogP contribution in [0, 0.1) is 11.8 Å². The maximum Gasteiger partial charge on any atom is 0.233 e. The highest BCUT2D eigenvalue weighted by Crippen LogP contribution is 2.33. The van der Waals surface area contributed by atoms with E-state index in [1.165, 1.54) is 23.1 Å². The van der Waals surface area contributed by atoms with E-state index >= 15 is 0 Å². The summed E-state index contributed by atoms with van der Waals surface area (Å²) in [6.45, 7) is 4.10. The maximum absolute atomic E-state index is 12.8. The summed E-state index contributed by atoms with van der Waals surface area (Å²) in [4.78, 5) is 41.2. The second-order valence-electron chi connectivity index (χ2n) is 8.29. The molecule has 4 rings (SSSR count). The van der Waals surface area contributed by atoms with E-state index in [1.54, 1.807) is 24.1 Å². The Kier molecular flexibility index (Phi) is 7.49. The monoisotopic (exact) mass is 489 g/mol. The third-order valence-electron chi connectivity index (χ3n) is 5.96. The van der Waals surface area contributed by atoms with Gasteiger partial charge in [0.2, 0.25) is 22.9 Å². The fourth-order valence-corrected chi connectivity index (χ4v) is 5.63. The molecule has 0 unspecified atom stereocenters. The number of nitrogens with zero attached hydrogens (tertiary/aromatic N) is 4. The van der Waals surface area contributed by atoms with Crippen LogP contribution in [0.3, 0.4) is 0 Å². The van der Waals surface area contributed by atoms with E-state index in [0.717, 1.165) is 25.9 Å². The molecule has 176 valence electrons. The van der Waals surface area contributed by atoms with Crippen molar-refractivity contribution in [2.45, 2.75) is 30.5 Å². The first-order chi connectivity index (χ1) is 15.9. The first kappa shape index (κ1) is 23.5. The lowest BCUT2D eigenvalue weighted by Gasteiger charge is -2.30. The van der Waals surface area contributed by atoms with Crippen LogP contribution in [0.15, 0.2) is 28.6 Å². The molecule has 2 aliphatic heterocycles. The molecule has 1 atom stereocenters. The maximum atomic E-state index is 12.8. The number of para-hydroxylation sites is 2. The zero-order chi connectivity index (χ0) is 23.4. The van der Waals surface area contributed by atoms with Gasteiger partial charge in [-0.15, -0.1) is 10.2 Å². The third-order valence-corrected chi connectivity index (χ3v) is 7.92. The van der Waals surface area contributed by atoms with Gasteiger partial charge in [0.05, 0.1) is 24.5 Å². The van der Waals surface area contributed by atoms with Crippen molar-refractivity contribution >= 4 is 51.6 Å². The van der Waals surface area contributed by atoms with Crippen LogP contribution in [0.1, 0.15) is 26.2 Å². The van der Waals surface area contributed by atoms with Crippen LogP contribution in [0.4, 0.5) is 10.8 Å². The Morgan fingerprint density at radius 1 is 1.24 bits per heavy atom. The summed E-state index contributed by atoms with van der Waals surface area (Å²) in [7, 11) is 1.55. The molecule has 33 heavy (non-hydrogen) atoms. The van der Waals surface area contributed by atoms with E-state index < -0.39 is 5.92 Å². The number of carbonyl (C=O) groups is 3. The van der Waals surface area contributed by atoms with E-state index in [2.05, 4.69) is 22.4 Å². The van der Waals surface area contributed by atoms with Crippen molar-refractivity contribution < 1.29 is 19.1 Å². The molecule has 9 nitrogen and oxygen atoms in total. The van der Waals surface area contributed by atoms with Crippen molar-refractivity contribution in [3.05, 3.63) is 24.3 Å². The number of methoxy groups -OCH3 is 1. The molecule has 1 aromatic carbocycles. The van der Waals surface area contributed by atoms with Crippen LogP contribution >= 0.6 is 23.1 Å². The average Bonchev–Trinajstić information content (AvgIpc) is 3.44. The molecule has 2 aromatic rings. The Bertz CT molecular complexity index is 1020.